The summed E-state index contributed by atoms with van der Waals surface area (Å²) in [5.41, 5.74) is 1.21. The standard InChI is InChI=1S/C16H17BrFNO/c1-3-19-11(2)12-4-7-14(8-5-12)20-16-9-6-13(18)10-15(16)17/h4-11,19H,3H2,1-2H3. The first kappa shape index (κ1) is 15.0. The van der Waals surface area contributed by atoms with Gasteiger partial charge >= 0.3 is 0 Å². The Labute approximate surface area is 127 Å². The van der Waals surface area contributed by atoms with E-state index in [-0.39, 0.29) is 5.82 Å². The second kappa shape index (κ2) is 6.86. The summed E-state index contributed by atoms with van der Waals surface area (Å²) < 4.78 is 19.3. The minimum atomic E-state index is -0.293. The van der Waals surface area contributed by atoms with Gasteiger partial charge in [0.05, 0.1) is 4.47 Å². The van der Waals surface area contributed by atoms with Crippen LogP contribution >= 0.6 is 15.9 Å². The number of hydrogen-bond donors (Lipinski definition) is 1. The molecule has 0 aromatic heterocycles. The zero-order valence-electron chi connectivity index (χ0n) is 11.5. The highest BCUT2D eigenvalue weighted by Crippen LogP contribution is 2.30. The highest BCUT2D eigenvalue weighted by molar-refractivity contribution is 9.10. The predicted molar refractivity (Wildman–Crippen MR) is 82.7 cm³/mol. The molecule has 0 aliphatic rings. The van der Waals surface area contributed by atoms with Crippen molar-refractivity contribution in [2.75, 3.05) is 6.54 Å². The van der Waals surface area contributed by atoms with E-state index < -0.39 is 0 Å². The molecular formula is C16H17BrFNO. The van der Waals surface area contributed by atoms with Crippen LogP contribution in [0.3, 0.4) is 0 Å². The summed E-state index contributed by atoms with van der Waals surface area (Å²) in [4.78, 5) is 0. The van der Waals surface area contributed by atoms with Gasteiger partial charge in [0, 0.05) is 6.04 Å². The van der Waals surface area contributed by atoms with Crippen LogP contribution in [-0.2, 0) is 0 Å². The second-order valence-electron chi connectivity index (χ2n) is 4.53. The van der Waals surface area contributed by atoms with Crippen molar-refractivity contribution in [1.29, 1.82) is 0 Å². The van der Waals surface area contributed by atoms with E-state index >= 15 is 0 Å². The lowest BCUT2D eigenvalue weighted by Gasteiger charge is -2.13. The molecule has 2 rings (SSSR count). The van der Waals surface area contributed by atoms with Gasteiger partial charge in [0.1, 0.15) is 17.3 Å². The van der Waals surface area contributed by atoms with Crippen molar-refractivity contribution in [1.82, 2.24) is 5.32 Å². The number of ether oxygens (including phenoxy) is 1. The van der Waals surface area contributed by atoms with E-state index in [2.05, 4.69) is 35.1 Å². The normalized spacial score (nSPS) is 12.2. The van der Waals surface area contributed by atoms with Crippen molar-refractivity contribution in [3.05, 3.63) is 58.3 Å². The highest BCUT2D eigenvalue weighted by atomic mass is 79.9. The molecule has 0 spiro atoms. The zero-order valence-corrected chi connectivity index (χ0v) is 13.1. The maximum absolute atomic E-state index is 13.0. The monoisotopic (exact) mass is 337 g/mol. The van der Waals surface area contributed by atoms with Crippen LogP contribution in [0.5, 0.6) is 11.5 Å². The molecule has 20 heavy (non-hydrogen) atoms. The summed E-state index contributed by atoms with van der Waals surface area (Å²) in [6.07, 6.45) is 0. The Hall–Kier alpha value is -1.39. The number of benzene rings is 2. The number of hydrogen-bond acceptors (Lipinski definition) is 2. The van der Waals surface area contributed by atoms with Crippen molar-refractivity contribution in [2.45, 2.75) is 19.9 Å². The molecular weight excluding hydrogens is 321 g/mol. The Morgan fingerprint density at radius 3 is 2.50 bits per heavy atom. The average Bonchev–Trinajstić information content (AvgIpc) is 2.43. The van der Waals surface area contributed by atoms with E-state index in [1.807, 2.05) is 24.3 Å². The first-order chi connectivity index (χ1) is 9.60. The quantitative estimate of drug-likeness (QED) is 0.824. The smallest absolute Gasteiger partial charge is 0.141 e. The Balaban J connectivity index is 2.10. The largest absolute Gasteiger partial charge is 0.456 e. The van der Waals surface area contributed by atoms with Crippen LogP contribution in [0.4, 0.5) is 4.39 Å². The molecule has 4 heteroatoms. The molecule has 0 bridgehead atoms. The van der Waals surface area contributed by atoms with Gasteiger partial charge in [0.25, 0.3) is 0 Å². The van der Waals surface area contributed by atoms with Gasteiger partial charge in [-0.3, -0.25) is 0 Å². The molecule has 0 amide bonds. The highest BCUT2D eigenvalue weighted by Gasteiger charge is 2.06. The van der Waals surface area contributed by atoms with Gasteiger partial charge in [-0.15, -0.1) is 0 Å². The van der Waals surface area contributed by atoms with Crippen molar-refractivity contribution in [2.24, 2.45) is 0 Å². The SMILES string of the molecule is CCNC(C)c1ccc(Oc2ccc(F)cc2Br)cc1. The van der Waals surface area contributed by atoms with E-state index in [1.165, 1.54) is 17.7 Å². The molecule has 1 N–H and O–H groups in total. The molecule has 0 aliphatic heterocycles. The van der Waals surface area contributed by atoms with Crippen LogP contribution in [-0.4, -0.2) is 6.54 Å². The lowest BCUT2D eigenvalue weighted by atomic mass is 10.1. The summed E-state index contributed by atoms with van der Waals surface area (Å²) in [5.74, 6) is 1.03. The van der Waals surface area contributed by atoms with E-state index in [1.54, 1.807) is 6.07 Å². The van der Waals surface area contributed by atoms with E-state index in [4.69, 9.17) is 4.74 Å². The molecule has 0 fully saturated rings. The molecule has 0 heterocycles. The summed E-state index contributed by atoms with van der Waals surface area (Å²) >= 11 is 3.29. The second-order valence-corrected chi connectivity index (χ2v) is 5.38. The van der Waals surface area contributed by atoms with Crippen molar-refractivity contribution in [3.8, 4) is 11.5 Å². The fourth-order valence-corrected chi connectivity index (χ4v) is 2.37. The first-order valence-corrected chi connectivity index (χ1v) is 7.35. The van der Waals surface area contributed by atoms with E-state index in [0.717, 1.165) is 12.3 Å². The summed E-state index contributed by atoms with van der Waals surface area (Å²) in [6, 6.07) is 12.6. The topological polar surface area (TPSA) is 21.3 Å². The van der Waals surface area contributed by atoms with Crippen LogP contribution in [0, 0.1) is 5.82 Å². The molecule has 0 aliphatic carbocycles. The molecule has 2 aromatic carbocycles. The van der Waals surface area contributed by atoms with Crippen molar-refractivity contribution >= 4 is 15.9 Å². The lowest BCUT2D eigenvalue weighted by Crippen LogP contribution is -2.17. The lowest BCUT2D eigenvalue weighted by molar-refractivity contribution is 0.476. The Morgan fingerprint density at radius 2 is 1.90 bits per heavy atom. The van der Waals surface area contributed by atoms with E-state index in [9.17, 15) is 4.39 Å². The van der Waals surface area contributed by atoms with Crippen LogP contribution in [0.1, 0.15) is 25.5 Å². The third-order valence-electron chi connectivity index (χ3n) is 3.01. The van der Waals surface area contributed by atoms with Crippen LogP contribution in [0.2, 0.25) is 0 Å². The average molecular weight is 338 g/mol. The Morgan fingerprint density at radius 1 is 1.20 bits per heavy atom. The van der Waals surface area contributed by atoms with Gasteiger partial charge in [-0.05, 0) is 65.3 Å². The van der Waals surface area contributed by atoms with Crippen LogP contribution < -0.4 is 10.1 Å². The van der Waals surface area contributed by atoms with Gasteiger partial charge < -0.3 is 10.1 Å². The maximum atomic E-state index is 13.0. The number of rotatable bonds is 5. The minimum Gasteiger partial charge on any atom is -0.456 e. The number of nitrogens with one attached hydrogen (secondary N) is 1. The molecule has 0 radical (unpaired) electrons. The maximum Gasteiger partial charge on any atom is 0.141 e. The van der Waals surface area contributed by atoms with Crippen molar-refractivity contribution < 1.29 is 9.13 Å². The van der Waals surface area contributed by atoms with Gasteiger partial charge in [-0.1, -0.05) is 19.1 Å². The zero-order chi connectivity index (χ0) is 14.5. The summed E-state index contributed by atoms with van der Waals surface area (Å²) in [7, 11) is 0. The molecule has 1 atom stereocenters. The van der Waals surface area contributed by atoms with Gasteiger partial charge in [-0.25, -0.2) is 4.39 Å². The third kappa shape index (κ3) is 3.81. The van der Waals surface area contributed by atoms with Gasteiger partial charge in [0.2, 0.25) is 0 Å². The summed E-state index contributed by atoms with van der Waals surface area (Å²) in [5, 5.41) is 3.36. The van der Waals surface area contributed by atoms with Gasteiger partial charge in [-0.2, -0.15) is 0 Å². The first-order valence-electron chi connectivity index (χ1n) is 6.56. The van der Waals surface area contributed by atoms with E-state index in [0.29, 0.717) is 16.3 Å². The Kier molecular flexibility index (Phi) is 5.15. The fraction of sp³-hybridized carbons (Fsp3) is 0.250. The van der Waals surface area contributed by atoms with Crippen molar-refractivity contribution in [3.63, 3.8) is 0 Å². The number of halogens is 2. The fourth-order valence-electron chi connectivity index (χ4n) is 1.93. The van der Waals surface area contributed by atoms with Gasteiger partial charge in [0.15, 0.2) is 0 Å². The molecule has 2 nitrogen and oxygen atoms in total. The molecule has 0 saturated heterocycles. The molecule has 1 unspecified atom stereocenters. The molecule has 2 aromatic rings. The Bertz CT molecular complexity index is 571. The predicted octanol–water partition coefficient (Wildman–Crippen LogP) is 5.05. The van der Waals surface area contributed by atoms with Crippen LogP contribution in [0.25, 0.3) is 0 Å². The summed E-state index contributed by atoms with van der Waals surface area (Å²) in [6.45, 7) is 5.14. The minimum absolute atomic E-state index is 0.293. The molecule has 106 valence electrons. The molecule has 0 saturated carbocycles. The third-order valence-corrected chi connectivity index (χ3v) is 3.63. The van der Waals surface area contributed by atoms with Crippen LogP contribution in [0.15, 0.2) is 46.9 Å².